The second-order valence-electron chi connectivity index (χ2n) is 5.73. The maximum atomic E-state index is 14.1. The van der Waals surface area contributed by atoms with Gasteiger partial charge in [-0.15, -0.1) is 6.58 Å². The van der Waals surface area contributed by atoms with Crippen molar-refractivity contribution in [3.63, 3.8) is 0 Å². The highest BCUT2D eigenvalue weighted by Gasteiger charge is 2.32. The smallest absolute Gasteiger partial charge is 0.307 e. The molecule has 0 aliphatic heterocycles. The van der Waals surface area contributed by atoms with Crippen LogP contribution in [0.4, 0.5) is 10.2 Å². The fraction of sp³-hybridized carbons (Fsp3) is 0.438. The normalized spacial score (nSPS) is 12.2. The van der Waals surface area contributed by atoms with Crippen LogP contribution in [0.25, 0.3) is 0 Å². The van der Waals surface area contributed by atoms with Crippen molar-refractivity contribution in [3.05, 3.63) is 35.3 Å². The molecule has 7 heteroatoms. The van der Waals surface area contributed by atoms with Crippen LogP contribution in [-0.2, 0) is 9.53 Å². The topological polar surface area (TPSA) is 75.0 Å². The molecule has 0 fully saturated rings. The van der Waals surface area contributed by atoms with Crippen molar-refractivity contribution in [2.75, 3.05) is 12.4 Å². The average Bonchev–Trinajstić information content (AvgIpc) is 2.49. The number of rotatable bonds is 7. The van der Waals surface area contributed by atoms with E-state index in [1.807, 2.05) is 13.8 Å². The molecule has 23 heavy (non-hydrogen) atoms. The number of carbonyl (C=O) groups is 1. The van der Waals surface area contributed by atoms with E-state index in [4.69, 9.17) is 21.6 Å². The lowest BCUT2D eigenvalue weighted by atomic mass is 9.79. The number of hydrogen-bond acceptors (Lipinski definition) is 5. The first kappa shape index (κ1) is 18.9. The number of allylic oxidation sites excluding steroid dienone is 1. The van der Waals surface area contributed by atoms with Gasteiger partial charge in [0.15, 0.2) is 11.6 Å². The van der Waals surface area contributed by atoms with Crippen molar-refractivity contribution in [1.82, 2.24) is 4.98 Å². The minimum Gasteiger partial charge on any atom is -0.469 e. The van der Waals surface area contributed by atoms with Gasteiger partial charge >= 0.3 is 5.97 Å². The van der Waals surface area contributed by atoms with Crippen LogP contribution in [0, 0.1) is 22.6 Å². The predicted octanol–water partition coefficient (Wildman–Crippen LogP) is 3.69. The first-order valence-electron chi connectivity index (χ1n) is 6.95. The molecular weight excluding hydrogens is 321 g/mol. The van der Waals surface area contributed by atoms with Crippen molar-refractivity contribution in [3.8, 4) is 6.07 Å². The van der Waals surface area contributed by atoms with Crippen molar-refractivity contribution in [2.24, 2.45) is 5.41 Å². The number of anilines is 1. The van der Waals surface area contributed by atoms with Crippen LogP contribution in [0.1, 0.15) is 32.3 Å². The number of carbonyl (C=O) groups excluding carboxylic acids is 1. The number of pyridine rings is 1. The summed E-state index contributed by atoms with van der Waals surface area (Å²) in [4.78, 5) is 15.5. The number of esters is 1. The third kappa shape index (κ3) is 4.93. The molecule has 124 valence electrons. The molecule has 1 aromatic rings. The highest BCUT2D eigenvalue weighted by atomic mass is 35.5. The predicted molar refractivity (Wildman–Crippen MR) is 86.6 cm³/mol. The molecule has 0 saturated carbocycles. The van der Waals surface area contributed by atoms with E-state index in [1.54, 1.807) is 12.1 Å². The molecular formula is C16H19ClFN3O2. The number of ether oxygens (including phenoxy) is 1. The lowest BCUT2D eigenvalue weighted by Gasteiger charge is -2.34. The van der Waals surface area contributed by atoms with Gasteiger partial charge in [0.05, 0.1) is 19.1 Å². The quantitative estimate of drug-likeness (QED) is 0.466. The van der Waals surface area contributed by atoms with Crippen LogP contribution in [-0.4, -0.2) is 24.1 Å². The van der Waals surface area contributed by atoms with Crippen molar-refractivity contribution >= 4 is 23.4 Å². The molecule has 1 atom stereocenters. The minimum absolute atomic E-state index is 0.0239. The van der Waals surface area contributed by atoms with Gasteiger partial charge in [-0.25, -0.2) is 9.37 Å². The molecule has 1 N–H and O–H groups in total. The van der Waals surface area contributed by atoms with Crippen LogP contribution >= 0.6 is 11.6 Å². The Bertz CT molecular complexity index is 641. The number of nitrogens with one attached hydrogen (secondary N) is 1. The average molecular weight is 340 g/mol. The second kappa shape index (κ2) is 7.93. The summed E-state index contributed by atoms with van der Waals surface area (Å²) in [5.74, 6) is -1.25. The van der Waals surface area contributed by atoms with Crippen LogP contribution in [0.15, 0.2) is 18.7 Å². The third-order valence-corrected chi connectivity index (χ3v) is 3.86. The highest BCUT2D eigenvalue weighted by Crippen LogP contribution is 2.31. The summed E-state index contributed by atoms with van der Waals surface area (Å²) in [5.41, 5.74) is -0.464. The summed E-state index contributed by atoms with van der Waals surface area (Å²) in [6.07, 6.45) is 2.34. The van der Waals surface area contributed by atoms with Gasteiger partial charge in [0.25, 0.3) is 0 Å². The third-order valence-electron chi connectivity index (χ3n) is 3.57. The van der Waals surface area contributed by atoms with Crippen LogP contribution in [0.5, 0.6) is 0 Å². The van der Waals surface area contributed by atoms with E-state index < -0.39 is 23.2 Å². The Morgan fingerprint density at radius 1 is 1.70 bits per heavy atom. The molecule has 0 aliphatic carbocycles. The molecule has 1 heterocycles. The molecule has 0 radical (unpaired) electrons. The molecule has 0 amide bonds. The maximum absolute atomic E-state index is 14.1. The van der Waals surface area contributed by atoms with Gasteiger partial charge in [0.2, 0.25) is 0 Å². The van der Waals surface area contributed by atoms with E-state index in [-0.39, 0.29) is 23.0 Å². The monoisotopic (exact) mass is 339 g/mol. The highest BCUT2D eigenvalue weighted by molar-refractivity contribution is 6.30. The van der Waals surface area contributed by atoms with Crippen LogP contribution in [0.3, 0.4) is 0 Å². The zero-order valence-corrected chi connectivity index (χ0v) is 14.1. The van der Waals surface area contributed by atoms with Gasteiger partial charge < -0.3 is 10.1 Å². The summed E-state index contributed by atoms with van der Waals surface area (Å²) in [6.45, 7) is 7.53. The van der Waals surface area contributed by atoms with Crippen molar-refractivity contribution < 1.29 is 13.9 Å². The fourth-order valence-corrected chi connectivity index (χ4v) is 2.28. The number of nitrogens with zero attached hydrogens (tertiary/aromatic N) is 2. The number of methoxy groups -OCH3 is 1. The molecule has 0 spiro atoms. The molecule has 1 rings (SSSR count). The lowest BCUT2D eigenvalue weighted by Crippen LogP contribution is -2.38. The number of nitriles is 1. The van der Waals surface area contributed by atoms with Gasteiger partial charge in [-0.05, 0) is 17.9 Å². The zero-order chi connectivity index (χ0) is 17.6. The summed E-state index contributed by atoms with van der Waals surface area (Å²) >= 11 is 5.85. The molecule has 0 aliphatic rings. The maximum Gasteiger partial charge on any atom is 0.307 e. The Kier molecular flexibility index (Phi) is 6.52. The lowest BCUT2D eigenvalue weighted by molar-refractivity contribution is -0.141. The molecule has 5 nitrogen and oxygen atoms in total. The van der Waals surface area contributed by atoms with Gasteiger partial charge in [0, 0.05) is 6.04 Å². The fourth-order valence-electron chi connectivity index (χ4n) is 2.10. The van der Waals surface area contributed by atoms with Crippen LogP contribution < -0.4 is 5.32 Å². The minimum atomic E-state index is -0.713. The van der Waals surface area contributed by atoms with E-state index in [1.165, 1.54) is 7.11 Å². The Morgan fingerprint density at radius 3 is 2.87 bits per heavy atom. The largest absolute Gasteiger partial charge is 0.469 e. The summed E-state index contributed by atoms with van der Waals surface area (Å²) < 4.78 is 18.8. The molecule has 1 aromatic heterocycles. The zero-order valence-electron chi connectivity index (χ0n) is 13.3. The van der Waals surface area contributed by atoms with Crippen molar-refractivity contribution in [1.29, 1.82) is 5.26 Å². The van der Waals surface area contributed by atoms with Crippen molar-refractivity contribution in [2.45, 2.75) is 32.7 Å². The summed E-state index contributed by atoms with van der Waals surface area (Å²) in [6, 6.07) is 2.31. The Morgan fingerprint density at radius 2 is 2.35 bits per heavy atom. The van der Waals surface area contributed by atoms with Gasteiger partial charge in [-0.2, -0.15) is 5.26 Å². The van der Waals surface area contributed by atoms with Gasteiger partial charge in [0.1, 0.15) is 11.2 Å². The molecule has 0 aromatic carbocycles. The van der Waals surface area contributed by atoms with E-state index in [2.05, 4.69) is 16.9 Å². The number of aromatic nitrogens is 1. The molecule has 0 saturated heterocycles. The Labute approximate surface area is 140 Å². The van der Waals surface area contributed by atoms with E-state index in [9.17, 15) is 9.18 Å². The second-order valence-corrected chi connectivity index (χ2v) is 6.09. The first-order valence-corrected chi connectivity index (χ1v) is 7.33. The SMILES string of the molecule is C=CCC(C)(C)C(CC(=O)OC)Nc1nc(Cl)c(C#N)cc1F. The molecule has 1 unspecified atom stereocenters. The van der Waals surface area contributed by atoms with E-state index in [0.29, 0.717) is 6.42 Å². The number of hydrogen-bond donors (Lipinski definition) is 1. The van der Waals surface area contributed by atoms with Crippen LogP contribution in [0.2, 0.25) is 5.15 Å². The number of halogens is 2. The van der Waals surface area contributed by atoms with E-state index >= 15 is 0 Å². The summed E-state index contributed by atoms with van der Waals surface area (Å²) in [7, 11) is 1.29. The molecule has 0 bridgehead atoms. The summed E-state index contributed by atoms with van der Waals surface area (Å²) in [5, 5.41) is 11.6. The Hall–Kier alpha value is -2.13. The van der Waals surface area contributed by atoms with E-state index in [0.717, 1.165) is 6.07 Å². The van der Waals surface area contributed by atoms with Gasteiger partial charge in [-0.1, -0.05) is 31.5 Å². The first-order chi connectivity index (χ1) is 10.7. The standard InChI is InChI=1S/C16H19ClFN3O2/c1-5-6-16(2,3)12(8-13(22)23-4)20-15-11(18)7-10(9-19)14(17)21-15/h5,7,12H,1,6,8H2,2-4H3,(H,20,21). The van der Waals surface area contributed by atoms with Gasteiger partial charge in [-0.3, -0.25) is 4.79 Å². The Balaban J connectivity index is 3.15.